The number of nitrogen functional groups attached to an aromatic ring is 1. The lowest BCUT2D eigenvalue weighted by Crippen LogP contribution is -2.32. The van der Waals surface area contributed by atoms with Crippen LogP contribution in [0.15, 0.2) is 18.2 Å². The van der Waals surface area contributed by atoms with Gasteiger partial charge in [-0.25, -0.2) is 0 Å². The number of ether oxygens (including phenoxy) is 1. The van der Waals surface area contributed by atoms with E-state index in [0.717, 1.165) is 19.4 Å². The molecule has 6 nitrogen and oxygen atoms in total. The molecule has 1 saturated heterocycles. The van der Waals surface area contributed by atoms with E-state index < -0.39 is 4.92 Å². The van der Waals surface area contributed by atoms with Gasteiger partial charge in [-0.05, 0) is 25.8 Å². The highest BCUT2D eigenvalue weighted by atomic mass is 16.6. The molecule has 3 N–H and O–H groups in total. The zero-order valence-corrected chi connectivity index (χ0v) is 10.3. The number of hydrogen-bond donors (Lipinski definition) is 2. The van der Waals surface area contributed by atoms with Gasteiger partial charge in [0.2, 0.25) is 0 Å². The van der Waals surface area contributed by atoms with E-state index in [4.69, 9.17) is 10.5 Å². The monoisotopic (exact) mass is 251 g/mol. The van der Waals surface area contributed by atoms with E-state index in [0.29, 0.717) is 17.9 Å². The van der Waals surface area contributed by atoms with Crippen molar-refractivity contribution < 1.29 is 9.66 Å². The first-order valence-electron chi connectivity index (χ1n) is 5.92. The van der Waals surface area contributed by atoms with Crippen molar-refractivity contribution in [3.63, 3.8) is 0 Å². The second-order valence-electron chi connectivity index (χ2n) is 4.78. The Morgan fingerprint density at radius 3 is 2.94 bits per heavy atom. The fourth-order valence-corrected chi connectivity index (χ4v) is 2.08. The zero-order valence-electron chi connectivity index (χ0n) is 10.3. The molecule has 0 radical (unpaired) electrons. The summed E-state index contributed by atoms with van der Waals surface area (Å²) in [6.45, 7) is 3.48. The van der Waals surface area contributed by atoms with Gasteiger partial charge in [-0.15, -0.1) is 0 Å². The summed E-state index contributed by atoms with van der Waals surface area (Å²) in [6.07, 6.45) is 2.07. The number of rotatable bonds is 4. The van der Waals surface area contributed by atoms with Gasteiger partial charge in [0.05, 0.1) is 21.9 Å². The van der Waals surface area contributed by atoms with Crippen LogP contribution in [0.3, 0.4) is 0 Å². The van der Waals surface area contributed by atoms with Crippen molar-refractivity contribution in [3.8, 4) is 0 Å². The summed E-state index contributed by atoms with van der Waals surface area (Å²) in [4.78, 5) is 10.1. The third-order valence-electron chi connectivity index (χ3n) is 3.20. The molecule has 1 aromatic rings. The van der Waals surface area contributed by atoms with E-state index in [1.807, 2.05) is 0 Å². The van der Waals surface area contributed by atoms with Gasteiger partial charge in [0.15, 0.2) is 0 Å². The number of nitrogens with zero attached hydrogens (tertiary/aromatic N) is 1. The molecule has 1 aromatic carbocycles. The Hall–Kier alpha value is -1.82. The Morgan fingerprint density at radius 1 is 1.61 bits per heavy atom. The Bertz CT molecular complexity index is 456. The van der Waals surface area contributed by atoms with Crippen LogP contribution < -0.4 is 11.1 Å². The van der Waals surface area contributed by atoms with Crippen LogP contribution in [-0.4, -0.2) is 23.7 Å². The van der Waals surface area contributed by atoms with Crippen LogP contribution in [-0.2, 0) is 4.74 Å². The quantitative estimate of drug-likeness (QED) is 0.486. The number of hydrogen-bond acceptors (Lipinski definition) is 5. The SMILES string of the molecule is CC1(CNc2ccc([N+](=O)[O-])cc2N)CCCO1. The van der Waals surface area contributed by atoms with Gasteiger partial charge in [0.25, 0.3) is 5.69 Å². The van der Waals surface area contributed by atoms with Gasteiger partial charge in [0.1, 0.15) is 0 Å². The first-order valence-corrected chi connectivity index (χ1v) is 5.92. The second kappa shape index (κ2) is 4.81. The number of non-ortho nitro benzene ring substituents is 1. The molecular weight excluding hydrogens is 234 g/mol. The Kier molecular flexibility index (Phi) is 3.38. The third-order valence-corrected chi connectivity index (χ3v) is 3.20. The number of nitrogens with one attached hydrogen (secondary N) is 1. The van der Waals surface area contributed by atoms with Crippen molar-refractivity contribution in [1.82, 2.24) is 0 Å². The molecule has 1 aliphatic heterocycles. The van der Waals surface area contributed by atoms with Crippen molar-refractivity contribution in [1.29, 1.82) is 0 Å². The lowest BCUT2D eigenvalue weighted by Gasteiger charge is -2.24. The average molecular weight is 251 g/mol. The smallest absolute Gasteiger partial charge is 0.271 e. The Balaban J connectivity index is 2.03. The van der Waals surface area contributed by atoms with E-state index in [2.05, 4.69) is 12.2 Å². The van der Waals surface area contributed by atoms with E-state index >= 15 is 0 Å². The lowest BCUT2D eigenvalue weighted by atomic mass is 10.0. The molecule has 2 rings (SSSR count). The first kappa shape index (κ1) is 12.6. The Labute approximate surface area is 105 Å². The molecule has 0 aromatic heterocycles. The van der Waals surface area contributed by atoms with Crippen molar-refractivity contribution in [2.24, 2.45) is 0 Å². The third kappa shape index (κ3) is 2.70. The van der Waals surface area contributed by atoms with Crippen LogP contribution in [0.25, 0.3) is 0 Å². The van der Waals surface area contributed by atoms with E-state index in [-0.39, 0.29) is 11.3 Å². The molecule has 0 spiro atoms. The fraction of sp³-hybridized carbons (Fsp3) is 0.500. The molecule has 0 bridgehead atoms. The highest BCUT2D eigenvalue weighted by Gasteiger charge is 2.29. The zero-order chi connectivity index (χ0) is 13.2. The molecule has 0 saturated carbocycles. The molecule has 1 aliphatic rings. The largest absolute Gasteiger partial charge is 0.397 e. The van der Waals surface area contributed by atoms with Crippen molar-refractivity contribution in [2.45, 2.75) is 25.4 Å². The van der Waals surface area contributed by atoms with Crippen LogP contribution in [0.4, 0.5) is 17.1 Å². The summed E-state index contributed by atoms with van der Waals surface area (Å²) >= 11 is 0. The van der Waals surface area contributed by atoms with Gasteiger partial charge in [-0.1, -0.05) is 0 Å². The summed E-state index contributed by atoms with van der Waals surface area (Å²) in [5.41, 5.74) is 6.69. The number of anilines is 2. The summed E-state index contributed by atoms with van der Waals surface area (Å²) in [7, 11) is 0. The van der Waals surface area contributed by atoms with Crippen LogP contribution in [0.5, 0.6) is 0 Å². The number of benzene rings is 1. The van der Waals surface area contributed by atoms with Crippen LogP contribution >= 0.6 is 0 Å². The van der Waals surface area contributed by atoms with E-state index in [1.54, 1.807) is 6.07 Å². The normalized spacial score (nSPS) is 22.9. The molecule has 0 aliphatic carbocycles. The molecule has 98 valence electrons. The second-order valence-corrected chi connectivity index (χ2v) is 4.78. The fourth-order valence-electron chi connectivity index (χ4n) is 2.08. The predicted molar refractivity (Wildman–Crippen MR) is 69.6 cm³/mol. The minimum Gasteiger partial charge on any atom is -0.397 e. The summed E-state index contributed by atoms with van der Waals surface area (Å²) in [5, 5.41) is 13.8. The number of nitro groups is 1. The summed E-state index contributed by atoms with van der Waals surface area (Å²) < 4.78 is 5.65. The minimum atomic E-state index is -0.457. The topological polar surface area (TPSA) is 90.4 Å². The first-order chi connectivity index (χ1) is 8.50. The maximum Gasteiger partial charge on any atom is 0.271 e. The standard InChI is InChI=1S/C12H17N3O3/c1-12(5-2-6-18-12)8-14-11-4-3-9(15(16)17)7-10(11)13/h3-4,7,14H,2,5-6,8,13H2,1H3. The van der Waals surface area contributed by atoms with Crippen LogP contribution in [0.1, 0.15) is 19.8 Å². The predicted octanol–water partition coefficient (Wildman–Crippen LogP) is 2.16. The lowest BCUT2D eigenvalue weighted by molar-refractivity contribution is -0.384. The summed E-state index contributed by atoms with van der Waals surface area (Å²) in [5.74, 6) is 0. The highest BCUT2D eigenvalue weighted by Crippen LogP contribution is 2.28. The molecule has 0 amide bonds. The van der Waals surface area contributed by atoms with Crippen molar-refractivity contribution >= 4 is 17.1 Å². The van der Waals surface area contributed by atoms with Gasteiger partial charge in [-0.2, -0.15) is 0 Å². The molecule has 6 heteroatoms. The van der Waals surface area contributed by atoms with Crippen molar-refractivity contribution in [3.05, 3.63) is 28.3 Å². The van der Waals surface area contributed by atoms with Gasteiger partial charge >= 0.3 is 0 Å². The number of nitrogens with two attached hydrogens (primary N) is 1. The minimum absolute atomic E-state index is 0.00128. The highest BCUT2D eigenvalue weighted by molar-refractivity contribution is 5.69. The van der Waals surface area contributed by atoms with E-state index in [9.17, 15) is 10.1 Å². The van der Waals surface area contributed by atoms with Gasteiger partial charge < -0.3 is 15.8 Å². The maximum atomic E-state index is 10.6. The molecule has 1 atom stereocenters. The van der Waals surface area contributed by atoms with Gasteiger partial charge in [0, 0.05) is 25.3 Å². The van der Waals surface area contributed by atoms with Crippen LogP contribution in [0.2, 0.25) is 0 Å². The van der Waals surface area contributed by atoms with Gasteiger partial charge in [-0.3, -0.25) is 10.1 Å². The maximum absolute atomic E-state index is 10.6. The molecule has 1 fully saturated rings. The van der Waals surface area contributed by atoms with Crippen molar-refractivity contribution in [2.75, 3.05) is 24.2 Å². The Morgan fingerprint density at radius 2 is 2.39 bits per heavy atom. The van der Waals surface area contributed by atoms with Crippen LogP contribution in [0, 0.1) is 10.1 Å². The molecule has 1 heterocycles. The average Bonchev–Trinajstić information content (AvgIpc) is 2.75. The summed E-state index contributed by atoms with van der Waals surface area (Å²) in [6, 6.07) is 4.43. The number of nitro benzene ring substituents is 1. The molecule has 1 unspecified atom stereocenters. The molecular formula is C12H17N3O3. The molecule has 18 heavy (non-hydrogen) atoms. The van der Waals surface area contributed by atoms with E-state index in [1.165, 1.54) is 12.1 Å².